The van der Waals surface area contributed by atoms with E-state index in [2.05, 4.69) is 26.1 Å². The van der Waals surface area contributed by atoms with Crippen molar-refractivity contribution in [2.45, 2.75) is 39.7 Å². The summed E-state index contributed by atoms with van der Waals surface area (Å²) >= 11 is 5.83. The summed E-state index contributed by atoms with van der Waals surface area (Å²) in [6, 6.07) is 0.510. The minimum absolute atomic E-state index is 0.286. The number of hydrogen-bond donors (Lipinski definition) is 1. The van der Waals surface area contributed by atoms with Gasteiger partial charge in [0.25, 0.3) is 0 Å². The number of halogens is 1. The summed E-state index contributed by atoms with van der Waals surface area (Å²) in [6.45, 7) is 9.72. The number of nitrogens with one attached hydrogen (secondary N) is 1. The normalized spacial score (nSPS) is 24.4. The van der Waals surface area contributed by atoms with Gasteiger partial charge in [0.05, 0.1) is 6.61 Å². The Morgan fingerprint density at radius 3 is 2.67 bits per heavy atom. The zero-order valence-corrected chi connectivity index (χ0v) is 10.9. The lowest BCUT2D eigenvalue weighted by atomic mass is 9.85. The van der Waals surface area contributed by atoms with Gasteiger partial charge < -0.3 is 10.1 Å². The lowest BCUT2D eigenvalue weighted by Crippen LogP contribution is -2.42. The topological polar surface area (TPSA) is 21.3 Å². The van der Waals surface area contributed by atoms with Crippen LogP contribution in [0.3, 0.4) is 0 Å². The van der Waals surface area contributed by atoms with Crippen molar-refractivity contribution >= 4 is 11.6 Å². The van der Waals surface area contributed by atoms with Gasteiger partial charge >= 0.3 is 0 Å². The molecule has 0 radical (unpaired) electrons. The number of rotatable bonds is 5. The van der Waals surface area contributed by atoms with Crippen LogP contribution >= 0.6 is 11.6 Å². The molecule has 1 aliphatic heterocycles. The van der Waals surface area contributed by atoms with Crippen molar-refractivity contribution in [3.05, 3.63) is 0 Å². The van der Waals surface area contributed by atoms with Crippen LogP contribution in [0.1, 0.15) is 33.6 Å². The Labute approximate surface area is 98.7 Å². The number of ether oxygens (including phenoxy) is 1. The van der Waals surface area contributed by atoms with Crippen LogP contribution in [0.5, 0.6) is 0 Å². The van der Waals surface area contributed by atoms with E-state index in [1.165, 1.54) is 6.42 Å². The summed E-state index contributed by atoms with van der Waals surface area (Å²) < 4.78 is 5.37. The first-order chi connectivity index (χ1) is 7.04. The van der Waals surface area contributed by atoms with Gasteiger partial charge in [-0.1, -0.05) is 20.8 Å². The minimum atomic E-state index is 0.286. The van der Waals surface area contributed by atoms with Crippen molar-refractivity contribution in [1.29, 1.82) is 0 Å². The highest BCUT2D eigenvalue weighted by Crippen LogP contribution is 2.23. The second kappa shape index (κ2) is 6.07. The Morgan fingerprint density at radius 1 is 1.47 bits per heavy atom. The van der Waals surface area contributed by atoms with Gasteiger partial charge in [-0.15, -0.1) is 11.6 Å². The second-order valence-electron chi connectivity index (χ2n) is 5.53. The van der Waals surface area contributed by atoms with Crippen molar-refractivity contribution in [3.63, 3.8) is 0 Å². The van der Waals surface area contributed by atoms with Crippen LogP contribution < -0.4 is 5.32 Å². The average molecular weight is 234 g/mol. The molecule has 1 rings (SSSR count). The highest BCUT2D eigenvalue weighted by Gasteiger charge is 2.25. The molecule has 2 atom stereocenters. The maximum atomic E-state index is 5.83. The fourth-order valence-corrected chi connectivity index (χ4v) is 2.22. The molecule has 2 nitrogen and oxygen atoms in total. The molecule has 3 heteroatoms. The third-order valence-corrected chi connectivity index (χ3v) is 3.34. The quantitative estimate of drug-likeness (QED) is 0.738. The van der Waals surface area contributed by atoms with Crippen LogP contribution in [0, 0.1) is 11.3 Å². The second-order valence-corrected chi connectivity index (χ2v) is 5.91. The molecule has 0 spiro atoms. The predicted octanol–water partition coefficient (Wildman–Crippen LogP) is 2.66. The molecule has 1 saturated heterocycles. The van der Waals surface area contributed by atoms with E-state index in [1.807, 2.05) is 0 Å². The molecule has 0 amide bonds. The molecular formula is C12H24ClNO. The zero-order valence-electron chi connectivity index (χ0n) is 10.2. The van der Waals surface area contributed by atoms with Gasteiger partial charge in [-0.3, -0.25) is 0 Å². The van der Waals surface area contributed by atoms with Crippen LogP contribution in [-0.2, 0) is 4.74 Å². The smallest absolute Gasteiger partial charge is 0.0507 e. The summed E-state index contributed by atoms with van der Waals surface area (Å²) in [5.41, 5.74) is 0.286. The van der Waals surface area contributed by atoms with E-state index < -0.39 is 0 Å². The van der Waals surface area contributed by atoms with Crippen molar-refractivity contribution in [2.24, 2.45) is 11.3 Å². The van der Waals surface area contributed by atoms with Gasteiger partial charge in [-0.05, 0) is 24.2 Å². The largest absolute Gasteiger partial charge is 0.381 e. The van der Waals surface area contributed by atoms with Crippen molar-refractivity contribution in [1.82, 2.24) is 5.32 Å². The van der Waals surface area contributed by atoms with Crippen LogP contribution in [-0.4, -0.2) is 31.7 Å². The molecule has 0 bridgehead atoms. The molecule has 1 aliphatic rings. The molecule has 0 aromatic rings. The van der Waals surface area contributed by atoms with E-state index in [-0.39, 0.29) is 5.41 Å². The molecule has 1 N–H and O–H groups in total. The number of alkyl halides is 1. The van der Waals surface area contributed by atoms with Crippen molar-refractivity contribution in [2.75, 3.05) is 25.6 Å². The first-order valence-electron chi connectivity index (χ1n) is 5.91. The van der Waals surface area contributed by atoms with Crippen molar-refractivity contribution < 1.29 is 4.74 Å². The summed E-state index contributed by atoms with van der Waals surface area (Å²) in [5.74, 6) is 1.43. The van der Waals surface area contributed by atoms with Crippen LogP contribution in [0.4, 0.5) is 0 Å². The number of hydrogen-bond acceptors (Lipinski definition) is 2. The van der Waals surface area contributed by atoms with Crippen molar-refractivity contribution in [3.8, 4) is 0 Å². The third kappa shape index (κ3) is 4.71. The van der Waals surface area contributed by atoms with Crippen LogP contribution in [0.25, 0.3) is 0 Å². The molecule has 0 aromatic heterocycles. The zero-order chi connectivity index (χ0) is 11.3. The molecule has 1 heterocycles. The molecular weight excluding hydrogens is 210 g/mol. The lowest BCUT2D eigenvalue weighted by Gasteiger charge is -2.32. The molecule has 15 heavy (non-hydrogen) atoms. The van der Waals surface area contributed by atoms with E-state index in [1.54, 1.807) is 0 Å². The van der Waals surface area contributed by atoms with E-state index in [4.69, 9.17) is 16.3 Å². The first kappa shape index (κ1) is 13.3. The summed E-state index contributed by atoms with van der Waals surface area (Å²) in [6.07, 6.45) is 2.24. The SMILES string of the molecule is CC(C)(C)C(CCCl)NCC1CCOC1. The highest BCUT2D eigenvalue weighted by molar-refractivity contribution is 6.17. The molecule has 90 valence electrons. The Hall–Kier alpha value is 0.210. The predicted molar refractivity (Wildman–Crippen MR) is 65.5 cm³/mol. The summed E-state index contributed by atoms with van der Waals surface area (Å²) in [4.78, 5) is 0. The molecule has 0 saturated carbocycles. The standard InChI is InChI=1S/C12H24ClNO/c1-12(2,3)11(4-6-13)14-8-10-5-7-15-9-10/h10-11,14H,4-9H2,1-3H3. The average Bonchev–Trinajstić information content (AvgIpc) is 2.62. The molecule has 0 aromatic carbocycles. The monoisotopic (exact) mass is 233 g/mol. The van der Waals surface area contributed by atoms with Crippen LogP contribution in [0.15, 0.2) is 0 Å². The Bertz CT molecular complexity index is 173. The first-order valence-corrected chi connectivity index (χ1v) is 6.44. The highest BCUT2D eigenvalue weighted by atomic mass is 35.5. The summed E-state index contributed by atoms with van der Waals surface area (Å²) in [7, 11) is 0. The van der Waals surface area contributed by atoms with Gasteiger partial charge in [0.2, 0.25) is 0 Å². The molecule has 0 aliphatic carbocycles. The molecule has 2 unspecified atom stereocenters. The van der Waals surface area contributed by atoms with E-state index in [0.717, 1.165) is 32.1 Å². The molecule has 1 fully saturated rings. The van der Waals surface area contributed by atoms with E-state index in [0.29, 0.717) is 12.0 Å². The van der Waals surface area contributed by atoms with Gasteiger partial charge in [0.1, 0.15) is 0 Å². The van der Waals surface area contributed by atoms with Gasteiger partial charge in [-0.25, -0.2) is 0 Å². The van der Waals surface area contributed by atoms with Crippen LogP contribution in [0.2, 0.25) is 0 Å². The lowest BCUT2D eigenvalue weighted by molar-refractivity contribution is 0.180. The Balaban J connectivity index is 2.30. The Kier molecular flexibility index (Phi) is 5.37. The van der Waals surface area contributed by atoms with Gasteiger partial charge in [0, 0.05) is 25.1 Å². The van der Waals surface area contributed by atoms with E-state index >= 15 is 0 Å². The third-order valence-electron chi connectivity index (χ3n) is 3.12. The van der Waals surface area contributed by atoms with Gasteiger partial charge in [-0.2, -0.15) is 0 Å². The Morgan fingerprint density at radius 2 is 2.20 bits per heavy atom. The minimum Gasteiger partial charge on any atom is -0.381 e. The fraction of sp³-hybridized carbons (Fsp3) is 1.00. The fourth-order valence-electron chi connectivity index (χ4n) is 2.00. The summed E-state index contributed by atoms with van der Waals surface area (Å²) in [5, 5.41) is 3.64. The maximum absolute atomic E-state index is 5.83. The van der Waals surface area contributed by atoms with E-state index in [9.17, 15) is 0 Å². The maximum Gasteiger partial charge on any atom is 0.0507 e. The van der Waals surface area contributed by atoms with Gasteiger partial charge in [0.15, 0.2) is 0 Å².